The Morgan fingerprint density at radius 1 is 1.08 bits per heavy atom. The molecule has 0 heterocycles. The van der Waals surface area contributed by atoms with Crippen molar-refractivity contribution in [3.8, 4) is 11.1 Å². The minimum absolute atomic E-state index is 0.0559. The lowest BCUT2D eigenvalue weighted by Crippen LogP contribution is -2.54. The fourth-order valence-electron chi connectivity index (χ4n) is 4.35. The Labute approximate surface area is 151 Å². The van der Waals surface area contributed by atoms with Gasteiger partial charge >= 0.3 is 11.9 Å². The number of carboxylic acid groups (broad SMARTS) is 1. The second-order valence-electron chi connectivity index (χ2n) is 7.15. The van der Waals surface area contributed by atoms with Crippen molar-refractivity contribution in [1.82, 2.24) is 0 Å². The molecule has 26 heavy (non-hydrogen) atoms. The second kappa shape index (κ2) is 6.25. The average molecular weight is 351 g/mol. The average Bonchev–Trinajstić information content (AvgIpc) is 3.19. The number of carboxylic acids is 1. The molecule has 1 fully saturated rings. The van der Waals surface area contributed by atoms with E-state index in [9.17, 15) is 14.7 Å². The van der Waals surface area contributed by atoms with Crippen LogP contribution >= 0.6 is 0 Å². The van der Waals surface area contributed by atoms with E-state index < -0.39 is 23.4 Å². The number of aliphatic carboxylic acids is 1. The van der Waals surface area contributed by atoms with Gasteiger partial charge in [0.25, 0.3) is 0 Å². The van der Waals surface area contributed by atoms with Gasteiger partial charge in [-0.3, -0.25) is 9.59 Å². The van der Waals surface area contributed by atoms with Gasteiger partial charge in [-0.25, -0.2) is 0 Å². The van der Waals surface area contributed by atoms with Crippen molar-refractivity contribution in [2.45, 2.75) is 30.7 Å². The van der Waals surface area contributed by atoms with E-state index in [2.05, 4.69) is 12.1 Å². The highest BCUT2D eigenvalue weighted by Crippen LogP contribution is 2.45. The molecule has 0 saturated heterocycles. The van der Waals surface area contributed by atoms with E-state index in [0.29, 0.717) is 19.3 Å². The summed E-state index contributed by atoms with van der Waals surface area (Å²) in [6.45, 7) is 0.165. The lowest BCUT2D eigenvalue weighted by molar-refractivity contribution is -0.158. The summed E-state index contributed by atoms with van der Waals surface area (Å²) in [7, 11) is 0. The number of fused-ring (bicyclic) bond motifs is 3. The van der Waals surface area contributed by atoms with Gasteiger partial charge in [-0.1, -0.05) is 55.0 Å². The third-order valence-corrected chi connectivity index (χ3v) is 5.73. The minimum Gasteiger partial charge on any atom is -0.481 e. The number of esters is 1. The molecule has 2 atom stereocenters. The lowest BCUT2D eigenvalue weighted by atomic mass is 9.88. The molecule has 0 amide bonds. The molecule has 134 valence electrons. The molecule has 4 rings (SSSR count). The molecule has 2 aromatic rings. The van der Waals surface area contributed by atoms with Crippen molar-refractivity contribution in [3.63, 3.8) is 0 Å². The highest BCUT2D eigenvalue weighted by molar-refractivity contribution is 5.89. The van der Waals surface area contributed by atoms with Gasteiger partial charge in [0.2, 0.25) is 0 Å². The lowest BCUT2D eigenvalue weighted by Gasteiger charge is -2.27. The minimum atomic E-state index is -1.43. The fraction of sp³-hybridized carbons (Fsp3) is 0.333. The van der Waals surface area contributed by atoms with Crippen molar-refractivity contribution in [3.05, 3.63) is 59.7 Å². The summed E-state index contributed by atoms with van der Waals surface area (Å²) < 4.78 is 5.58. The van der Waals surface area contributed by atoms with Crippen molar-refractivity contribution >= 4 is 11.9 Å². The highest BCUT2D eigenvalue weighted by Gasteiger charge is 2.51. The molecule has 3 N–H and O–H groups in total. The van der Waals surface area contributed by atoms with E-state index in [-0.39, 0.29) is 12.5 Å². The molecular formula is C21H21NO4. The Morgan fingerprint density at radius 3 is 2.23 bits per heavy atom. The van der Waals surface area contributed by atoms with Crippen LogP contribution in [0.25, 0.3) is 11.1 Å². The Kier molecular flexibility index (Phi) is 4.04. The summed E-state index contributed by atoms with van der Waals surface area (Å²) in [6, 6.07) is 16.2. The van der Waals surface area contributed by atoms with Crippen LogP contribution in [0.15, 0.2) is 48.5 Å². The summed E-state index contributed by atoms with van der Waals surface area (Å²) in [5, 5.41) is 9.35. The smallest absolute Gasteiger partial charge is 0.327 e. The van der Waals surface area contributed by atoms with Gasteiger partial charge in [-0.2, -0.15) is 0 Å². The molecule has 0 aliphatic heterocycles. The number of carbonyl (C=O) groups is 2. The molecule has 5 heteroatoms. The molecule has 0 radical (unpaired) electrons. The zero-order valence-electron chi connectivity index (χ0n) is 14.4. The predicted molar refractivity (Wildman–Crippen MR) is 96.6 cm³/mol. The van der Waals surface area contributed by atoms with E-state index in [4.69, 9.17) is 10.5 Å². The first kappa shape index (κ1) is 16.8. The van der Waals surface area contributed by atoms with E-state index >= 15 is 0 Å². The molecule has 1 saturated carbocycles. The third kappa shape index (κ3) is 2.51. The van der Waals surface area contributed by atoms with E-state index in [0.717, 1.165) is 22.3 Å². The summed E-state index contributed by atoms with van der Waals surface area (Å²) in [6.07, 6.45) is 1.38. The number of carbonyl (C=O) groups excluding carboxylic acids is 1. The van der Waals surface area contributed by atoms with E-state index in [1.165, 1.54) is 0 Å². The highest BCUT2D eigenvalue weighted by atomic mass is 16.5. The van der Waals surface area contributed by atoms with Crippen LogP contribution in [0.5, 0.6) is 0 Å². The maximum absolute atomic E-state index is 12.7. The summed E-state index contributed by atoms with van der Waals surface area (Å²) in [5.74, 6) is -2.57. The van der Waals surface area contributed by atoms with Crippen LogP contribution in [0, 0.1) is 5.92 Å². The van der Waals surface area contributed by atoms with Crippen molar-refractivity contribution in [2.24, 2.45) is 11.7 Å². The largest absolute Gasteiger partial charge is 0.481 e. The first-order valence-corrected chi connectivity index (χ1v) is 8.89. The molecule has 2 aliphatic carbocycles. The van der Waals surface area contributed by atoms with Crippen LogP contribution < -0.4 is 5.73 Å². The van der Waals surface area contributed by atoms with Gasteiger partial charge in [0.1, 0.15) is 12.1 Å². The van der Waals surface area contributed by atoms with Crippen LogP contribution in [0.2, 0.25) is 0 Å². The van der Waals surface area contributed by atoms with Gasteiger partial charge in [-0.05, 0) is 35.1 Å². The Balaban J connectivity index is 1.57. The van der Waals surface area contributed by atoms with E-state index in [1.807, 2.05) is 36.4 Å². The van der Waals surface area contributed by atoms with Crippen LogP contribution in [0.1, 0.15) is 36.3 Å². The van der Waals surface area contributed by atoms with E-state index in [1.54, 1.807) is 0 Å². The number of hydrogen-bond acceptors (Lipinski definition) is 4. The van der Waals surface area contributed by atoms with Crippen LogP contribution in [-0.4, -0.2) is 29.2 Å². The van der Waals surface area contributed by atoms with Crippen LogP contribution in [-0.2, 0) is 14.3 Å². The third-order valence-electron chi connectivity index (χ3n) is 5.73. The maximum Gasteiger partial charge on any atom is 0.327 e. The number of ether oxygens (including phenoxy) is 1. The Hall–Kier alpha value is -2.66. The maximum atomic E-state index is 12.7. The zero-order valence-corrected chi connectivity index (χ0v) is 14.4. The second-order valence-corrected chi connectivity index (χ2v) is 7.15. The normalized spacial score (nSPS) is 24.1. The summed E-state index contributed by atoms with van der Waals surface area (Å²) >= 11 is 0. The summed E-state index contributed by atoms with van der Waals surface area (Å²) in [4.78, 5) is 24.1. The molecule has 0 aromatic heterocycles. The number of rotatable bonds is 4. The predicted octanol–water partition coefficient (Wildman–Crippen LogP) is 2.92. The molecule has 5 nitrogen and oxygen atoms in total. The number of hydrogen-bond donors (Lipinski definition) is 2. The Morgan fingerprint density at radius 2 is 1.65 bits per heavy atom. The van der Waals surface area contributed by atoms with Crippen molar-refractivity contribution < 1.29 is 19.4 Å². The first-order chi connectivity index (χ1) is 12.5. The molecule has 2 aliphatic rings. The van der Waals surface area contributed by atoms with Gasteiger partial charge in [0.05, 0.1) is 5.92 Å². The van der Waals surface area contributed by atoms with Crippen LogP contribution in [0.3, 0.4) is 0 Å². The topological polar surface area (TPSA) is 89.6 Å². The zero-order chi connectivity index (χ0) is 18.3. The van der Waals surface area contributed by atoms with Gasteiger partial charge in [0.15, 0.2) is 0 Å². The van der Waals surface area contributed by atoms with Crippen molar-refractivity contribution in [1.29, 1.82) is 0 Å². The van der Waals surface area contributed by atoms with Gasteiger partial charge < -0.3 is 15.6 Å². The fourth-order valence-corrected chi connectivity index (χ4v) is 4.35. The standard InChI is InChI=1S/C21H21NO4/c22-21(11-5-10-18(21)19(23)24)20(25)26-12-17-15-8-3-1-6-13(15)14-7-2-4-9-16(14)17/h1-4,6-9,17-18H,5,10-12,22H2,(H,23,24)/t18-,21+/m1/s1. The SMILES string of the molecule is N[C@@]1(C(=O)OCC2c3ccccc3-c3ccccc32)CCC[C@@H]1C(=O)O. The molecule has 2 aromatic carbocycles. The Bertz CT molecular complexity index is 832. The van der Waals surface area contributed by atoms with Gasteiger partial charge in [-0.15, -0.1) is 0 Å². The number of nitrogens with two attached hydrogens (primary N) is 1. The van der Waals surface area contributed by atoms with Gasteiger partial charge in [0, 0.05) is 5.92 Å². The number of benzene rings is 2. The monoisotopic (exact) mass is 351 g/mol. The quantitative estimate of drug-likeness (QED) is 0.827. The summed E-state index contributed by atoms with van der Waals surface area (Å²) in [5.41, 5.74) is 9.28. The molecular weight excluding hydrogens is 330 g/mol. The first-order valence-electron chi connectivity index (χ1n) is 8.89. The molecule has 0 bridgehead atoms. The molecule has 0 spiro atoms. The van der Waals surface area contributed by atoms with Crippen LogP contribution in [0.4, 0.5) is 0 Å². The molecule has 0 unspecified atom stereocenters. The van der Waals surface area contributed by atoms with Crippen molar-refractivity contribution in [2.75, 3.05) is 6.61 Å².